The van der Waals surface area contributed by atoms with E-state index in [2.05, 4.69) is 94.2 Å². The van der Waals surface area contributed by atoms with Crippen LogP contribution in [0.3, 0.4) is 0 Å². The summed E-state index contributed by atoms with van der Waals surface area (Å²) in [5.41, 5.74) is 3.16. The highest BCUT2D eigenvalue weighted by molar-refractivity contribution is 8.33. The minimum atomic E-state index is -0.0645. The molecule has 16 nitrogen and oxygen atoms in total. The number of nitrogens with zero attached hydrogens (tertiary/aromatic N) is 9. The lowest BCUT2D eigenvalue weighted by Crippen LogP contribution is -2.22. The second kappa shape index (κ2) is 22.9. The van der Waals surface area contributed by atoms with E-state index >= 15 is 0 Å². The summed E-state index contributed by atoms with van der Waals surface area (Å²) < 4.78 is 15.0. The summed E-state index contributed by atoms with van der Waals surface area (Å²) in [6, 6.07) is 3.59. The van der Waals surface area contributed by atoms with Gasteiger partial charge >= 0.3 is 0 Å². The Bertz CT molecular complexity index is 2430. The van der Waals surface area contributed by atoms with E-state index in [1.54, 1.807) is 43.2 Å². The number of aromatic amines is 2. The van der Waals surface area contributed by atoms with Crippen LogP contribution in [0.4, 0.5) is 0 Å². The maximum atomic E-state index is 12.8. The molecule has 4 aliphatic heterocycles. The van der Waals surface area contributed by atoms with Crippen molar-refractivity contribution in [2.24, 2.45) is 11.8 Å². The Hall–Kier alpha value is -3.58. The van der Waals surface area contributed by atoms with Crippen molar-refractivity contribution < 1.29 is 9.47 Å². The summed E-state index contributed by atoms with van der Waals surface area (Å²) >= 11 is 5.40. The van der Waals surface area contributed by atoms with Gasteiger partial charge in [-0.15, -0.1) is 29.5 Å². The Morgan fingerprint density at radius 2 is 1.18 bits per heavy atom. The van der Waals surface area contributed by atoms with Crippen molar-refractivity contribution in [3.8, 4) is 0 Å². The molecule has 6 aromatic heterocycles. The highest BCUT2D eigenvalue weighted by atomic mass is 35.5. The summed E-state index contributed by atoms with van der Waals surface area (Å²) in [6.07, 6.45) is 18.3. The topological polar surface area (TPSA) is 186 Å². The molecule has 0 spiro atoms. The molecule has 6 aromatic rings. The lowest BCUT2D eigenvalue weighted by Gasteiger charge is -2.21. The van der Waals surface area contributed by atoms with Gasteiger partial charge in [-0.1, -0.05) is 21.8 Å². The number of H-pyrrole nitrogens is 2. The second-order valence-corrected chi connectivity index (χ2v) is 20.8. The molecule has 0 aliphatic carbocycles. The fraction of sp³-hybridized carbons (Fsp3) is 0.524. The van der Waals surface area contributed by atoms with Gasteiger partial charge in [0.05, 0.1) is 24.8 Å². The van der Waals surface area contributed by atoms with Crippen LogP contribution in [-0.2, 0) is 21.9 Å². The van der Waals surface area contributed by atoms with Crippen LogP contribution < -0.4 is 16.4 Å². The standard InChI is InChI=1S/C21H26N6O2.C16H22N4O2.C5H5ClN2.H5P3/c1-14-10-26(13-19-22-5-2-6-23-19)11-16(14)17-12-27-18(21(28)25-17)9-24-20(27)15-3-7-29-8-4-15;1-10-6-17-7-12(10)13-9-20-14(16(21)19-13)8-18-15(20)11-2-4-22-5-3-11;6-4-5-7-2-1-3-8-5;1-3-2/h2,5-6,9,12,14-16H,3-4,7-8,10-11,13H2,1H3,(H,25,28);8-12,17H,2-7H2,1H3,(H,19,21);1-3H,4H2;3H,1-2H2/t14-,16-;10-,12-;;/m11../s1. The van der Waals surface area contributed by atoms with Crippen LogP contribution in [0.2, 0.25) is 0 Å². The number of aromatic nitrogens is 10. The Morgan fingerprint density at radius 3 is 1.63 bits per heavy atom. The third-order valence-corrected chi connectivity index (χ3v) is 12.3. The molecule has 0 aromatic carbocycles. The third-order valence-electron chi connectivity index (χ3n) is 12.1. The number of nitrogens with one attached hydrogen (secondary N) is 3. The van der Waals surface area contributed by atoms with E-state index in [1.165, 1.54) is 0 Å². The van der Waals surface area contributed by atoms with Gasteiger partial charge in [-0.3, -0.25) is 23.3 Å². The van der Waals surface area contributed by atoms with Crippen molar-refractivity contribution in [3.63, 3.8) is 0 Å². The van der Waals surface area contributed by atoms with Crippen molar-refractivity contribution >= 4 is 48.4 Å². The number of rotatable bonds is 7. The van der Waals surface area contributed by atoms with Gasteiger partial charge in [0, 0.05) is 118 Å². The Kier molecular flexibility index (Phi) is 17.1. The van der Waals surface area contributed by atoms with Gasteiger partial charge in [0.1, 0.15) is 34.3 Å². The first-order valence-corrected chi connectivity index (χ1v) is 26.5. The van der Waals surface area contributed by atoms with Gasteiger partial charge in [-0.05, 0) is 56.2 Å². The van der Waals surface area contributed by atoms with Crippen molar-refractivity contribution in [1.29, 1.82) is 0 Å². The van der Waals surface area contributed by atoms with E-state index in [1.807, 2.05) is 14.9 Å². The number of alkyl halides is 1. The molecule has 62 heavy (non-hydrogen) atoms. The predicted molar refractivity (Wildman–Crippen MR) is 251 cm³/mol. The van der Waals surface area contributed by atoms with Crippen LogP contribution in [0.1, 0.15) is 97.9 Å². The molecule has 10 heterocycles. The van der Waals surface area contributed by atoms with Crippen LogP contribution in [0, 0.1) is 11.8 Å². The fourth-order valence-corrected chi connectivity index (χ4v) is 8.96. The molecular formula is C42H58ClN12O4P3. The van der Waals surface area contributed by atoms with E-state index in [4.69, 9.17) is 21.1 Å². The first-order valence-electron chi connectivity index (χ1n) is 21.3. The van der Waals surface area contributed by atoms with Crippen molar-refractivity contribution in [2.75, 3.05) is 52.6 Å². The predicted octanol–water partition coefficient (Wildman–Crippen LogP) is 5.64. The van der Waals surface area contributed by atoms with Crippen LogP contribution >= 0.6 is 37.4 Å². The maximum Gasteiger partial charge on any atom is 0.274 e. The molecule has 4 saturated heterocycles. The molecule has 2 unspecified atom stereocenters. The molecule has 0 bridgehead atoms. The molecule has 10 rings (SSSR count). The zero-order valence-corrected chi connectivity index (χ0v) is 39.4. The Balaban J connectivity index is 0.000000154. The fourth-order valence-electron chi connectivity index (χ4n) is 8.82. The number of fused-ring (bicyclic) bond motifs is 2. The minimum absolute atomic E-state index is 0.0394. The highest BCUT2D eigenvalue weighted by Gasteiger charge is 2.33. The molecule has 0 amide bonds. The molecule has 0 radical (unpaired) electrons. The zero-order chi connectivity index (χ0) is 43.4. The number of likely N-dealkylation sites (tertiary alicyclic amines) is 1. The molecule has 0 saturated carbocycles. The summed E-state index contributed by atoms with van der Waals surface area (Å²) in [7, 11) is 6.06. The largest absolute Gasteiger partial charge is 0.381 e. The number of ether oxygens (including phenoxy) is 2. The van der Waals surface area contributed by atoms with Gasteiger partial charge < -0.3 is 24.8 Å². The number of imidazole rings is 2. The first-order chi connectivity index (χ1) is 30.3. The van der Waals surface area contributed by atoms with Gasteiger partial charge in [0.25, 0.3) is 11.1 Å². The summed E-state index contributed by atoms with van der Waals surface area (Å²) in [5, 5.41) is 3.40. The third kappa shape index (κ3) is 11.6. The van der Waals surface area contributed by atoms with E-state index < -0.39 is 0 Å². The van der Waals surface area contributed by atoms with Crippen molar-refractivity contribution in [3.05, 3.63) is 117 Å². The maximum absolute atomic E-state index is 12.8. The average Bonchev–Trinajstić information content (AvgIpc) is 4.12. The Labute approximate surface area is 372 Å². The van der Waals surface area contributed by atoms with Crippen LogP contribution in [0.15, 0.2) is 71.3 Å². The minimum Gasteiger partial charge on any atom is -0.381 e. The lowest BCUT2D eigenvalue weighted by molar-refractivity contribution is 0.0834. The first kappa shape index (κ1) is 46.4. The molecular weight excluding hydrogens is 865 g/mol. The average molecular weight is 923 g/mol. The van der Waals surface area contributed by atoms with Gasteiger partial charge in [0.15, 0.2) is 0 Å². The molecule has 4 fully saturated rings. The SMILES string of the molecule is C[C@@H]1CN(Cc2ncccn2)C[C@H]1c1cn2c(C3CCOCC3)ncc2c(=O)[nH]1.C[C@@H]1CNC[C@H]1c1cn2c(C3CCOCC3)ncc2c(=O)[nH]1.ClCc1ncccn1.PPP. The molecule has 6 atom stereocenters. The van der Waals surface area contributed by atoms with E-state index in [0.29, 0.717) is 52.3 Å². The van der Waals surface area contributed by atoms with Gasteiger partial charge in [0.2, 0.25) is 0 Å². The monoisotopic (exact) mass is 922 g/mol. The summed E-state index contributed by atoms with van der Waals surface area (Å²) in [6.45, 7) is 12.0. The summed E-state index contributed by atoms with van der Waals surface area (Å²) in [5.74, 6) is 6.20. The normalized spacial score (nSPS) is 22.1. The van der Waals surface area contributed by atoms with Crippen molar-refractivity contribution in [2.45, 2.75) is 75.6 Å². The second-order valence-electron chi connectivity index (χ2n) is 16.2. The number of hydrogen-bond donors (Lipinski definition) is 3. The van der Waals surface area contributed by atoms with Crippen molar-refractivity contribution in [1.82, 2.24) is 58.9 Å². The Morgan fingerprint density at radius 1 is 0.694 bits per heavy atom. The number of halogens is 1. The van der Waals surface area contributed by atoms with Crippen LogP contribution in [-0.4, -0.2) is 106 Å². The quantitative estimate of drug-likeness (QED) is 0.132. The van der Waals surface area contributed by atoms with Crippen LogP contribution in [0.25, 0.3) is 11.0 Å². The molecule has 4 aliphatic rings. The zero-order valence-electron chi connectivity index (χ0n) is 35.3. The highest BCUT2D eigenvalue weighted by Crippen LogP contribution is 2.33. The van der Waals surface area contributed by atoms with Gasteiger partial charge in [-0.2, -0.15) is 0 Å². The molecule has 20 heteroatoms. The summed E-state index contributed by atoms with van der Waals surface area (Å²) in [4.78, 5) is 59.2. The van der Waals surface area contributed by atoms with Gasteiger partial charge in [-0.25, -0.2) is 29.9 Å². The number of hydrogen-bond acceptors (Lipinski definition) is 12. The van der Waals surface area contributed by atoms with E-state index in [-0.39, 0.29) is 17.0 Å². The molecule has 332 valence electrons. The molecule has 3 N–H and O–H groups in total. The van der Waals surface area contributed by atoms with Crippen LogP contribution in [0.5, 0.6) is 0 Å². The lowest BCUT2D eigenvalue weighted by atomic mass is 9.95. The smallest absolute Gasteiger partial charge is 0.274 e. The van der Waals surface area contributed by atoms with E-state index in [0.717, 1.165) is 122 Å². The van der Waals surface area contributed by atoms with E-state index in [9.17, 15) is 9.59 Å².